The summed E-state index contributed by atoms with van der Waals surface area (Å²) in [7, 11) is 0. The van der Waals surface area contributed by atoms with Crippen molar-refractivity contribution in [1.82, 2.24) is 24.2 Å². The van der Waals surface area contributed by atoms with Crippen LogP contribution in [-0.2, 0) is 4.74 Å². The molecule has 3 amide bonds. The Kier molecular flexibility index (Phi) is 8.97. The second-order valence-electron chi connectivity index (χ2n) is 9.95. The minimum Gasteiger partial charge on any atom is -0.378 e. The molecule has 10 nitrogen and oxygen atoms in total. The van der Waals surface area contributed by atoms with Crippen molar-refractivity contribution in [3.05, 3.63) is 109 Å². The first-order valence-electron chi connectivity index (χ1n) is 14.1. The number of hydrogen-bond donors (Lipinski definition) is 2. The van der Waals surface area contributed by atoms with Crippen LogP contribution in [0.5, 0.6) is 0 Å². The molecule has 220 valence electrons. The Labute approximate surface area is 251 Å². The van der Waals surface area contributed by atoms with Crippen LogP contribution in [0.2, 0.25) is 0 Å². The summed E-state index contributed by atoms with van der Waals surface area (Å²) in [6.45, 7) is 14.2. The molecule has 1 fully saturated rings. The second-order valence-corrected chi connectivity index (χ2v) is 9.95. The number of nitrogens with zero attached hydrogens (tertiary/aromatic N) is 5. The van der Waals surface area contributed by atoms with Crippen LogP contribution in [0.4, 0.5) is 22.0 Å². The number of pyridine rings is 2. The second kappa shape index (κ2) is 13.2. The van der Waals surface area contributed by atoms with E-state index in [-0.39, 0.29) is 11.9 Å². The van der Waals surface area contributed by atoms with E-state index in [2.05, 4.69) is 33.8 Å². The Morgan fingerprint density at radius 2 is 1.93 bits per heavy atom. The maximum absolute atomic E-state index is 13.2. The SMILES string of the molecule is C=C/C=C(\C=C)N(CC)C(=O)Nc1cccc(-c2cc(Nc3ccc(C(=O)N4CCOCC4)cn3)c3nccn3c2)c1C. The van der Waals surface area contributed by atoms with Gasteiger partial charge in [0.25, 0.3) is 5.91 Å². The highest BCUT2D eigenvalue weighted by Gasteiger charge is 2.20. The first kappa shape index (κ1) is 29.3. The van der Waals surface area contributed by atoms with Gasteiger partial charge >= 0.3 is 6.03 Å². The molecule has 0 bridgehead atoms. The highest BCUT2D eigenvalue weighted by Crippen LogP contribution is 2.33. The fraction of sp³-hybridized carbons (Fsp3) is 0.212. The van der Waals surface area contributed by atoms with Crippen molar-refractivity contribution in [1.29, 1.82) is 0 Å². The van der Waals surface area contributed by atoms with Crippen molar-refractivity contribution < 1.29 is 14.3 Å². The van der Waals surface area contributed by atoms with Crippen molar-refractivity contribution >= 4 is 34.8 Å². The van der Waals surface area contributed by atoms with E-state index in [9.17, 15) is 9.59 Å². The van der Waals surface area contributed by atoms with E-state index in [1.807, 2.05) is 54.9 Å². The van der Waals surface area contributed by atoms with E-state index in [0.717, 1.165) is 28.0 Å². The molecule has 0 radical (unpaired) electrons. The summed E-state index contributed by atoms with van der Waals surface area (Å²) in [5.41, 5.74) is 6.15. The zero-order valence-electron chi connectivity index (χ0n) is 24.4. The number of rotatable bonds is 9. The van der Waals surface area contributed by atoms with E-state index in [1.165, 1.54) is 0 Å². The lowest BCUT2D eigenvalue weighted by atomic mass is 10.00. The minimum atomic E-state index is -0.259. The Morgan fingerprint density at radius 1 is 1.12 bits per heavy atom. The lowest BCUT2D eigenvalue weighted by Crippen LogP contribution is -2.40. The van der Waals surface area contributed by atoms with E-state index in [1.54, 1.807) is 52.6 Å². The van der Waals surface area contributed by atoms with Crippen LogP contribution in [0.15, 0.2) is 98.3 Å². The van der Waals surface area contributed by atoms with Gasteiger partial charge in [-0.05, 0) is 61.4 Å². The number of benzene rings is 1. The van der Waals surface area contributed by atoms with Gasteiger partial charge in [0.15, 0.2) is 5.65 Å². The Hall–Kier alpha value is -5.22. The number of aromatic nitrogens is 3. The Morgan fingerprint density at radius 3 is 2.63 bits per heavy atom. The molecule has 0 spiro atoms. The van der Waals surface area contributed by atoms with Gasteiger partial charge in [-0.25, -0.2) is 14.8 Å². The molecule has 4 aromatic rings. The summed E-state index contributed by atoms with van der Waals surface area (Å²) in [5, 5.41) is 6.42. The number of hydrogen-bond acceptors (Lipinski definition) is 6. The first-order valence-corrected chi connectivity index (χ1v) is 14.1. The number of urea groups is 1. The molecule has 0 saturated carbocycles. The normalized spacial score (nSPS) is 13.4. The smallest absolute Gasteiger partial charge is 0.326 e. The lowest BCUT2D eigenvalue weighted by molar-refractivity contribution is 0.0302. The van der Waals surface area contributed by atoms with E-state index in [4.69, 9.17) is 4.74 Å². The average Bonchev–Trinajstić information content (AvgIpc) is 3.52. The summed E-state index contributed by atoms with van der Waals surface area (Å²) in [6, 6.07) is 11.1. The summed E-state index contributed by atoms with van der Waals surface area (Å²) in [6.07, 6.45) is 12.2. The molecule has 3 aromatic heterocycles. The van der Waals surface area contributed by atoms with Crippen LogP contribution in [0.25, 0.3) is 16.8 Å². The fourth-order valence-corrected chi connectivity index (χ4v) is 5.05. The van der Waals surface area contributed by atoms with Gasteiger partial charge in [-0.2, -0.15) is 0 Å². The van der Waals surface area contributed by atoms with Crippen LogP contribution in [0.3, 0.4) is 0 Å². The number of nitrogens with one attached hydrogen (secondary N) is 2. The molecule has 43 heavy (non-hydrogen) atoms. The number of carbonyl (C=O) groups excluding carboxylic acids is 2. The zero-order valence-corrected chi connectivity index (χ0v) is 24.4. The van der Waals surface area contributed by atoms with Crippen molar-refractivity contribution in [3.8, 4) is 11.1 Å². The third kappa shape index (κ3) is 6.34. The number of imidazole rings is 1. The summed E-state index contributed by atoms with van der Waals surface area (Å²) in [4.78, 5) is 38.4. The van der Waals surface area contributed by atoms with Gasteiger partial charge in [-0.15, -0.1) is 0 Å². The molecular weight excluding hydrogens is 542 g/mol. The Bertz CT molecular complexity index is 1680. The van der Waals surface area contributed by atoms with Gasteiger partial charge in [0, 0.05) is 61.4 Å². The lowest BCUT2D eigenvalue weighted by Gasteiger charge is -2.26. The minimum absolute atomic E-state index is 0.0538. The number of morpholine rings is 1. The highest BCUT2D eigenvalue weighted by molar-refractivity contribution is 5.95. The molecule has 1 aromatic carbocycles. The summed E-state index contributed by atoms with van der Waals surface area (Å²) in [5.74, 6) is 0.533. The maximum atomic E-state index is 13.2. The van der Waals surface area contributed by atoms with Gasteiger partial charge in [-0.3, -0.25) is 9.69 Å². The average molecular weight is 578 g/mol. The number of anilines is 3. The van der Waals surface area contributed by atoms with Gasteiger partial charge in [0.05, 0.1) is 24.5 Å². The molecule has 0 aliphatic carbocycles. The van der Waals surface area contributed by atoms with Gasteiger partial charge < -0.3 is 24.7 Å². The number of fused-ring (bicyclic) bond motifs is 1. The maximum Gasteiger partial charge on any atom is 0.326 e. The van der Waals surface area contributed by atoms with Crippen LogP contribution in [-0.4, -0.2) is 69.0 Å². The van der Waals surface area contributed by atoms with Crippen LogP contribution in [0, 0.1) is 6.92 Å². The number of allylic oxidation sites excluding steroid dienone is 3. The standard InChI is InChI=1S/C33H35N7O3/c1-5-9-26(6-2)40(7-3)33(42)37-28-11-8-10-27(23(28)4)25-20-29(31-34-14-15-39(31)22-25)36-30-13-12-24(21-35-30)32(41)38-16-18-43-19-17-38/h5-6,8-15,20-22H,1-2,7,16-19H2,3-4H3,(H,35,36)(H,37,42)/b26-9+. The number of likely N-dealkylation sites (N-methyl/N-ethyl adjacent to an activating group) is 1. The van der Waals surface area contributed by atoms with E-state index >= 15 is 0 Å². The van der Waals surface area contributed by atoms with Crippen molar-refractivity contribution in [3.63, 3.8) is 0 Å². The molecule has 2 N–H and O–H groups in total. The molecule has 1 aliphatic heterocycles. The molecule has 1 saturated heterocycles. The molecule has 10 heteroatoms. The quantitative estimate of drug-likeness (QED) is 0.236. The van der Waals surface area contributed by atoms with Gasteiger partial charge in [-0.1, -0.05) is 31.4 Å². The molecular formula is C33H35N7O3. The number of amides is 3. The van der Waals surface area contributed by atoms with Crippen LogP contribution < -0.4 is 10.6 Å². The fourth-order valence-electron chi connectivity index (χ4n) is 5.05. The first-order chi connectivity index (χ1) is 20.9. The third-order valence-corrected chi connectivity index (χ3v) is 7.32. The predicted octanol–water partition coefficient (Wildman–Crippen LogP) is 6.03. The van der Waals surface area contributed by atoms with Gasteiger partial charge in [0.1, 0.15) is 5.82 Å². The predicted molar refractivity (Wildman–Crippen MR) is 169 cm³/mol. The van der Waals surface area contributed by atoms with Gasteiger partial charge in [0.2, 0.25) is 0 Å². The molecule has 0 atom stereocenters. The monoisotopic (exact) mass is 577 g/mol. The molecule has 4 heterocycles. The van der Waals surface area contributed by atoms with Crippen LogP contribution >= 0.6 is 0 Å². The topological polar surface area (TPSA) is 104 Å². The Balaban J connectivity index is 1.41. The van der Waals surface area contributed by atoms with Crippen molar-refractivity contribution in [2.75, 3.05) is 43.5 Å². The molecule has 0 unspecified atom stereocenters. The zero-order chi connectivity index (χ0) is 30.3. The molecule has 1 aliphatic rings. The molecule has 5 rings (SSSR count). The number of carbonyl (C=O) groups is 2. The van der Waals surface area contributed by atoms with Crippen LogP contribution in [0.1, 0.15) is 22.8 Å². The van der Waals surface area contributed by atoms with E-state index < -0.39 is 0 Å². The number of ether oxygens (including phenoxy) is 1. The van der Waals surface area contributed by atoms with Crippen molar-refractivity contribution in [2.45, 2.75) is 13.8 Å². The van der Waals surface area contributed by atoms with E-state index in [0.29, 0.717) is 55.6 Å². The van der Waals surface area contributed by atoms with Crippen molar-refractivity contribution in [2.24, 2.45) is 0 Å². The highest BCUT2D eigenvalue weighted by atomic mass is 16.5. The largest absolute Gasteiger partial charge is 0.378 e. The summed E-state index contributed by atoms with van der Waals surface area (Å²) >= 11 is 0. The third-order valence-electron chi connectivity index (χ3n) is 7.32. The summed E-state index contributed by atoms with van der Waals surface area (Å²) < 4.78 is 7.29.